The van der Waals surface area contributed by atoms with E-state index in [0.717, 1.165) is 31.0 Å². The first-order chi connectivity index (χ1) is 8.46. The smallest absolute Gasteiger partial charge is 0.161 e. The zero-order chi connectivity index (χ0) is 13.6. The highest BCUT2D eigenvalue weighted by Gasteiger charge is 2.09. The van der Waals surface area contributed by atoms with Crippen molar-refractivity contribution in [2.75, 3.05) is 20.8 Å². The highest BCUT2D eigenvalue weighted by Crippen LogP contribution is 2.27. The Labute approximate surface area is 109 Å². The Hall–Kier alpha value is -1.26. The summed E-state index contributed by atoms with van der Waals surface area (Å²) in [5.41, 5.74) is 6.97. The molecule has 0 saturated carbocycles. The monoisotopic (exact) mass is 252 g/mol. The van der Waals surface area contributed by atoms with Gasteiger partial charge in [-0.15, -0.1) is 0 Å². The lowest BCUT2D eigenvalue weighted by molar-refractivity contribution is 0.354. The lowest BCUT2D eigenvalue weighted by Crippen LogP contribution is -2.35. The minimum Gasteiger partial charge on any atom is -0.493 e. The number of ether oxygens (including phenoxy) is 2. The van der Waals surface area contributed by atoms with E-state index < -0.39 is 0 Å². The van der Waals surface area contributed by atoms with Crippen LogP contribution in [0.15, 0.2) is 18.2 Å². The Balaban J connectivity index is 2.48. The highest BCUT2D eigenvalue weighted by molar-refractivity contribution is 5.42. The second kappa shape index (κ2) is 6.61. The van der Waals surface area contributed by atoms with E-state index in [-0.39, 0.29) is 5.54 Å². The van der Waals surface area contributed by atoms with Gasteiger partial charge >= 0.3 is 0 Å². The number of hydrogen-bond donors (Lipinski definition) is 2. The van der Waals surface area contributed by atoms with Crippen molar-refractivity contribution >= 4 is 0 Å². The fourth-order valence-corrected chi connectivity index (χ4v) is 1.63. The van der Waals surface area contributed by atoms with E-state index in [9.17, 15) is 0 Å². The van der Waals surface area contributed by atoms with Gasteiger partial charge in [-0.3, -0.25) is 0 Å². The zero-order valence-electron chi connectivity index (χ0n) is 11.7. The summed E-state index contributed by atoms with van der Waals surface area (Å²) >= 11 is 0. The maximum atomic E-state index is 5.92. The molecule has 4 heteroatoms. The summed E-state index contributed by atoms with van der Waals surface area (Å²) in [7, 11) is 3.28. The summed E-state index contributed by atoms with van der Waals surface area (Å²) in [5.74, 6) is 1.51. The quantitative estimate of drug-likeness (QED) is 0.728. The largest absolute Gasteiger partial charge is 0.493 e. The number of methoxy groups -OCH3 is 2. The molecule has 0 spiro atoms. The third-order valence-electron chi connectivity index (χ3n) is 2.72. The predicted molar refractivity (Wildman–Crippen MR) is 74.1 cm³/mol. The number of nitrogens with one attached hydrogen (secondary N) is 1. The van der Waals surface area contributed by atoms with Gasteiger partial charge in [-0.05, 0) is 44.5 Å². The highest BCUT2D eigenvalue weighted by atomic mass is 16.5. The summed E-state index contributed by atoms with van der Waals surface area (Å²) in [4.78, 5) is 0. The van der Waals surface area contributed by atoms with Gasteiger partial charge in [0.2, 0.25) is 0 Å². The molecule has 0 radical (unpaired) electrons. The fraction of sp³-hybridized carbons (Fsp3) is 0.571. The van der Waals surface area contributed by atoms with E-state index in [1.165, 1.54) is 5.56 Å². The molecule has 0 heterocycles. The predicted octanol–water partition coefficient (Wildman–Crippen LogP) is 1.92. The Kier molecular flexibility index (Phi) is 5.44. The van der Waals surface area contributed by atoms with Crippen LogP contribution in [-0.4, -0.2) is 26.3 Å². The number of benzene rings is 1. The van der Waals surface area contributed by atoms with E-state index in [2.05, 4.69) is 5.32 Å². The minimum atomic E-state index is -0.120. The third kappa shape index (κ3) is 4.94. The second-order valence-corrected chi connectivity index (χ2v) is 5.10. The van der Waals surface area contributed by atoms with Gasteiger partial charge < -0.3 is 20.5 Å². The Morgan fingerprint density at radius 3 is 2.39 bits per heavy atom. The molecule has 1 aromatic rings. The summed E-state index contributed by atoms with van der Waals surface area (Å²) in [5, 5.41) is 3.37. The standard InChI is InChI=1S/C14H24N2O2/c1-14(2,15)7-8-16-10-11-5-6-12(17-3)13(9-11)18-4/h5-6,9,16H,7-8,10,15H2,1-4H3. The van der Waals surface area contributed by atoms with Gasteiger partial charge in [-0.25, -0.2) is 0 Å². The van der Waals surface area contributed by atoms with Crippen molar-refractivity contribution in [1.29, 1.82) is 0 Å². The van der Waals surface area contributed by atoms with Crippen LogP contribution >= 0.6 is 0 Å². The number of rotatable bonds is 7. The van der Waals surface area contributed by atoms with Crippen molar-refractivity contribution in [3.8, 4) is 11.5 Å². The van der Waals surface area contributed by atoms with E-state index >= 15 is 0 Å². The Bertz CT molecular complexity index is 373. The minimum absolute atomic E-state index is 0.120. The molecule has 0 amide bonds. The van der Waals surface area contributed by atoms with Crippen molar-refractivity contribution < 1.29 is 9.47 Å². The van der Waals surface area contributed by atoms with Gasteiger partial charge in [-0.1, -0.05) is 6.07 Å². The first kappa shape index (κ1) is 14.8. The van der Waals surface area contributed by atoms with Crippen LogP contribution in [0.4, 0.5) is 0 Å². The summed E-state index contributed by atoms with van der Waals surface area (Å²) in [6.07, 6.45) is 0.945. The first-order valence-electron chi connectivity index (χ1n) is 6.17. The van der Waals surface area contributed by atoms with Crippen LogP contribution in [0.2, 0.25) is 0 Å². The SMILES string of the molecule is COc1ccc(CNCCC(C)(C)N)cc1OC. The van der Waals surface area contributed by atoms with Crippen molar-refractivity contribution in [2.45, 2.75) is 32.4 Å². The van der Waals surface area contributed by atoms with Crippen molar-refractivity contribution in [1.82, 2.24) is 5.32 Å². The molecular weight excluding hydrogens is 228 g/mol. The van der Waals surface area contributed by atoms with Crippen LogP contribution in [0, 0.1) is 0 Å². The molecule has 0 aromatic heterocycles. The molecule has 0 bridgehead atoms. The molecule has 0 saturated heterocycles. The lowest BCUT2D eigenvalue weighted by atomic mass is 10.0. The fourth-order valence-electron chi connectivity index (χ4n) is 1.63. The van der Waals surface area contributed by atoms with Gasteiger partial charge in [-0.2, -0.15) is 0 Å². The molecule has 0 fully saturated rings. The van der Waals surface area contributed by atoms with Gasteiger partial charge in [0.1, 0.15) is 0 Å². The van der Waals surface area contributed by atoms with E-state index in [1.807, 2.05) is 32.0 Å². The molecule has 1 aromatic carbocycles. The van der Waals surface area contributed by atoms with Crippen LogP contribution < -0.4 is 20.5 Å². The second-order valence-electron chi connectivity index (χ2n) is 5.10. The maximum Gasteiger partial charge on any atom is 0.161 e. The van der Waals surface area contributed by atoms with E-state index in [4.69, 9.17) is 15.2 Å². The van der Waals surface area contributed by atoms with Crippen LogP contribution in [0.5, 0.6) is 11.5 Å². The average molecular weight is 252 g/mol. The van der Waals surface area contributed by atoms with E-state index in [1.54, 1.807) is 14.2 Å². The van der Waals surface area contributed by atoms with Crippen molar-refractivity contribution in [3.63, 3.8) is 0 Å². The molecule has 1 rings (SSSR count). The summed E-state index contributed by atoms with van der Waals surface area (Å²) in [6, 6.07) is 5.93. The zero-order valence-corrected chi connectivity index (χ0v) is 11.7. The first-order valence-corrected chi connectivity index (χ1v) is 6.17. The van der Waals surface area contributed by atoms with Crippen LogP contribution in [0.1, 0.15) is 25.8 Å². The number of nitrogens with two attached hydrogens (primary N) is 1. The average Bonchev–Trinajstić information content (AvgIpc) is 2.33. The lowest BCUT2D eigenvalue weighted by Gasteiger charge is -2.18. The third-order valence-corrected chi connectivity index (χ3v) is 2.72. The normalized spacial score (nSPS) is 11.4. The maximum absolute atomic E-state index is 5.92. The molecule has 4 nitrogen and oxygen atoms in total. The summed E-state index contributed by atoms with van der Waals surface area (Å²) in [6.45, 7) is 5.77. The van der Waals surface area contributed by atoms with Crippen molar-refractivity contribution in [3.05, 3.63) is 23.8 Å². The Morgan fingerprint density at radius 1 is 1.17 bits per heavy atom. The molecule has 18 heavy (non-hydrogen) atoms. The van der Waals surface area contributed by atoms with Gasteiger partial charge in [0.15, 0.2) is 11.5 Å². The molecule has 0 unspecified atom stereocenters. The molecule has 3 N–H and O–H groups in total. The van der Waals surface area contributed by atoms with Crippen molar-refractivity contribution in [2.24, 2.45) is 5.73 Å². The molecule has 102 valence electrons. The van der Waals surface area contributed by atoms with Crippen LogP contribution in [0.25, 0.3) is 0 Å². The Morgan fingerprint density at radius 2 is 1.83 bits per heavy atom. The topological polar surface area (TPSA) is 56.5 Å². The van der Waals surface area contributed by atoms with Crippen LogP contribution in [-0.2, 0) is 6.54 Å². The molecular formula is C14H24N2O2. The molecule has 0 aliphatic carbocycles. The summed E-state index contributed by atoms with van der Waals surface area (Å²) < 4.78 is 10.5. The van der Waals surface area contributed by atoms with Crippen LogP contribution in [0.3, 0.4) is 0 Å². The molecule has 0 aliphatic heterocycles. The number of hydrogen-bond acceptors (Lipinski definition) is 4. The van der Waals surface area contributed by atoms with E-state index in [0.29, 0.717) is 0 Å². The van der Waals surface area contributed by atoms with Gasteiger partial charge in [0.05, 0.1) is 14.2 Å². The molecule has 0 atom stereocenters. The van der Waals surface area contributed by atoms with Gasteiger partial charge in [0, 0.05) is 12.1 Å². The molecule has 0 aliphatic rings. The van der Waals surface area contributed by atoms with Gasteiger partial charge in [0.25, 0.3) is 0 Å².